The Kier molecular flexibility index (Phi) is 3.32. The molecule has 0 saturated carbocycles. The van der Waals surface area contributed by atoms with Gasteiger partial charge in [-0.05, 0) is 35.2 Å². The standard InChI is InChI=1S/C15H17FN2/c1-15(2,3)11-7-9-12(10-8-11)17-14-6-4-5-13(16)18-14/h4-10H,1-3H3,(H,17,18). The molecule has 1 N–H and O–H groups in total. The number of hydrogen-bond donors (Lipinski definition) is 1. The van der Waals surface area contributed by atoms with E-state index in [-0.39, 0.29) is 5.41 Å². The van der Waals surface area contributed by atoms with Crippen LogP contribution in [0.5, 0.6) is 0 Å². The van der Waals surface area contributed by atoms with Gasteiger partial charge in [0.25, 0.3) is 0 Å². The quantitative estimate of drug-likeness (QED) is 0.798. The van der Waals surface area contributed by atoms with E-state index in [1.165, 1.54) is 11.6 Å². The van der Waals surface area contributed by atoms with Gasteiger partial charge in [-0.3, -0.25) is 0 Å². The van der Waals surface area contributed by atoms with Crippen molar-refractivity contribution in [3.63, 3.8) is 0 Å². The molecule has 0 bridgehead atoms. The van der Waals surface area contributed by atoms with Gasteiger partial charge >= 0.3 is 0 Å². The minimum absolute atomic E-state index is 0.135. The summed E-state index contributed by atoms with van der Waals surface area (Å²) in [5.74, 6) is 0.0322. The number of pyridine rings is 1. The normalized spacial score (nSPS) is 11.3. The van der Waals surface area contributed by atoms with Gasteiger partial charge in [0.15, 0.2) is 0 Å². The van der Waals surface area contributed by atoms with E-state index in [4.69, 9.17) is 0 Å². The third-order valence-corrected chi connectivity index (χ3v) is 2.74. The Hall–Kier alpha value is -1.90. The second-order valence-corrected chi connectivity index (χ2v) is 5.30. The minimum atomic E-state index is -0.480. The third kappa shape index (κ3) is 3.06. The number of halogens is 1. The number of aromatic nitrogens is 1. The Labute approximate surface area is 107 Å². The van der Waals surface area contributed by atoms with Gasteiger partial charge < -0.3 is 5.32 Å². The second-order valence-electron chi connectivity index (χ2n) is 5.30. The van der Waals surface area contributed by atoms with Gasteiger partial charge in [-0.15, -0.1) is 0 Å². The number of rotatable bonds is 2. The highest BCUT2D eigenvalue weighted by Gasteiger charge is 2.12. The van der Waals surface area contributed by atoms with Crippen LogP contribution in [0.2, 0.25) is 0 Å². The SMILES string of the molecule is CC(C)(C)c1ccc(Nc2cccc(F)n2)cc1. The van der Waals surface area contributed by atoms with E-state index in [0.29, 0.717) is 5.82 Å². The van der Waals surface area contributed by atoms with Crippen LogP contribution in [-0.2, 0) is 5.41 Å². The molecular weight excluding hydrogens is 227 g/mol. The number of anilines is 2. The minimum Gasteiger partial charge on any atom is -0.340 e. The van der Waals surface area contributed by atoms with Crippen molar-refractivity contribution in [2.75, 3.05) is 5.32 Å². The molecule has 0 unspecified atom stereocenters. The molecule has 0 aliphatic heterocycles. The van der Waals surface area contributed by atoms with Crippen molar-refractivity contribution >= 4 is 11.5 Å². The van der Waals surface area contributed by atoms with Crippen molar-refractivity contribution in [3.05, 3.63) is 54.0 Å². The summed E-state index contributed by atoms with van der Waals surface area (Å²) in [6.07, 6.45) is 0. The molecule has 0 aliphatic rings. The average Bonchev–Trinajstić information content (AvgIpc) is 2.28. The molecule has 1 aromatic heterocycles. The Morgan fingerprint density at radius 3 is 2.22 bits per heavy atom. The topological polar surface area (TPSA) is 24.9 Å². The smallest absolute Gasteiger partial charge is 0.214 e. The van der Waals surface area contributed by atoms with E-state index in [1.54, 1.807) is 12.1 Å². The van der Waals surface area contributed by atoms with E-state index >= 15 is 0 Å². The summed E-state index contributed by atoms with van der Waals surface area (Å²) in [7, 11) is 0. The van der Waals surface area contributed by atoms with Gasteiger partial charge in [-0.1, -0.05) is 39.0 Å². The van der Waals surface area contributed by atoms with Crippen LogP contribution in [0.15, 0.2) is 42.5 Å². The lowest BCUT2D eigenvalue weighted by Crippen LogP contribution is -2.10. The highest BCUT2D eigenvalue weighted by Crippen LogP contribution is 2.24. The van der Waals surface area contributed by atoms with Crippen LogP contribution in [0.3, 0.4) is 0 Å². The molecule has 0 saturated heterocycles. The predicted octanol–water partition coefficient (Wildman–Crippen LogP) is 4.26. The molecule has 0 fully saturated rings. The number of benzene rings is 1. The maximum atomic E-state index is 12.9. The molecule has 0 atom stereocenters. The zero-order valence-electron chi connectivity index (χ0n) is 10.9. The maximum Gasteiger partial charge on any atom is 0.214 e. The van der Waals surface area contributed by atoms with Crippen LogP contribution < -0.4 is 5.32 Å². The summed E-state index contributed by atoms with van der Waals surface area (Å²) in [6, 6.07) is 12.8. The van der Waals surface area contributed by atoms with E-state index in [2.05, 4.69) is 43.2 Å². The molecule has 2 nitrogen and oxygen atoms in total. The molecule has 18 heavy (non-hydrogen) atoms. The summed E-state index contributed by atoms with van der Waals surface area (Å²) in [4.78, 5) is 3.76. The molecule has 1 heterocycles. The van der Waals surface area contributed by atoms with Crippen LogP contribution in [0, 0.1) is 5.95 Å². The summed E-state index contributed by atoms with van der Waals surface area (Å²) in [5, 5.41) is 3.07. The van der Waals surface area contributed by atoms with Crippen molar-refractivity contribution in [2.45, 2.75) is 26.2 Å². The highest BCUT2D eigenvalue weighted by molar-refractivity contribution is 5.56. The van der Waals surface area contributed by atoms with E-state index in [0.717, 1.165) is 5.69 Å². The third-order valence-electron chi connectivity index (χ3n) is 2.74. The second kappa shape index (κ2) is 4.77. The van der Waals surface area contributed by atoms with E-state index in [1.807, 2.05) is 12.1 Å². The summed E-state index contributed by atoms with van der Waals surface area (Å²) >= 11 is 0. The summed E-state index contributed by atoms with van der Waals surface area (Å²) < 4.78 is 12.9. The Morgan fingerprint density at radius 2 is 1.67 bits per heavy atom. The van der Waals surface area contributed by atoms with E-state index in [9.17, 15) is 4.39 Å². The van der Waals surface area contributed by atoms with Crippen molar-refractivity contribution in [3.8, 4) is 0 Å². The maximum absolute atomic E-state index is 12.9. The Bertz CT molecular complexity index is 527. The fourth-order valence-corrected chi connectivity index (χ4v) is 1.68. The first kappa shape index (κ1) is 12.6. The van der Waals surface area contributed by atoms with Gasteiger partial charge in [0, 0.05) is 5.69 Å². The molecule has 0 radical (unpaired) electrons. The average molecular weight is 244 g/mol. The molecule has 2 aromatic rings. The molecule has 94 valence electrons. The van der Waals surface area contributed by atoms with Crippen molar-refractivity contribution in [1.82, 2.24) is 4.98 Å². The van der Waals surface area contributed by atoms with Crippen molar-refractivity contribution in [2.24, 2.45) is 0 Å². The lowest BCUT2D eigenvalue weighted by molar-refractivity contribution is 0.585. The highest BCUT2D eigenvalue weighted by atomic mass is 19.1. The molecule has 2 rings (SSSR count). The molecule has 0 amide bonds. The van der Waals surface area contributed by atoms with E-state index < -0.39 is 5.95 Å². The van der Waals surface area contributed by atoms with Crippen LogP contribution >= 0.6 is 0 Å². The van der Waals surface area contributed by atoms with Gasteiger partial charge in [0.2, 0.25) is 5.95 Å². The Morgan fingerprint density at radius 1 is 1.00 bits per heavy atom. The largest absolute Gasteiger partial charge is 0.340 e. The molecule has 0 spiro atoms. The first-order valence-corrected chi connectivity index (χ1v) is 5.95. The fraction of sp³-hybridized carbons (Fsp3) is 0.267. The molecule has 1 aromatic carbocycles. The number of nitrogens with one attached hydrogen (secondary N) is 1. The first-order valence-electron chi connectivity index (χ1n) is 5.95. The predicted molar refractivity (Wildman–Crippen MR) is 72.6 cm³/mol. The lowest BCUT2D eigenvalue weighted by atomic mass is 9.87. The van der Waals surface area contributed by atoms with Gasteiger partial charge in [0.1, 0.15) is 5.82 Å². The van der Waals surface area contributed by atoms with Crippen LogP contribution in [0.25, 0.3) is 0 Å². The zero-order chi connectivity index (χ0) is 13.2. The summed E-state index contributed by atoms with van der Waals surface area (Å²) in [6.45, 7) is 6.51. The lowest BCUT2D eigenvalue weighted by Gasteiger charge is -2.19. The number of hydrogen-bond acceptors (Lipinski definition) is 2. The molecule has 0 aliphatic carbocycles. The van der Waals surface area contributed by atoms with Crippen molar-refractivity contribution in [1.29, 1.82) is 0 Å². The fourth-order valence-electron chi connectivity index (χ4n) is 1.68. The van der Waals surface area contributed by atoms with Gasteiger partial charge in [0.05, 0.1) is 0 Å². The van der Waals surface area contributed by atoms with Crippen LogP contribution in [0.1, 0.15) is 26.3 Å². The molecular formula is C15H17FN2. The van der Waals surface area contributed by atoms with Crippen LogP contribution in [-0.4, -0.2) is 4.98 Å². The van der Waals surface area contributed by atoms with Crippen molar-refractivity contribution < 1.29 is 4.39 Å². The monoisotopic (exact) mass is 244 g/mol. The summed E-state index contributed by atoms with van der Waals surface area (Å²) in [5.41, 5.74) is 2.30. The zero-order valence-corrected chi connectivity index (χ0v) is 10.9. The first-order chi connectivity index (χ1) is 8.45. The van der Waals surface area contributed by atoms with Gasteiger partial charge in [-0.25, -0.2) is 4.98 Å². The molecule has 3 heteroatoms. The van der Waals surface area contributed by atoms with Gasteiger partial charge in [-0.2, -0.15) is 4.39 Å². The Balaban J connectivity index is 2.16. The number of nitrogens with zero attached hydrogens (tertiary/aromatic N) is 1. The van der Waals surface area contributed by atoms with Crippen LogP contribution in [0.4, 0.5) is 15.9 Å².